The van der Waals surface area contributed by atoms with Gasteiger partial charge in [0.1, 0.15) is 11.6 Å². The van der Waals surface area contributed by atoms with E-state index in [0.717, 1.165) is 24.5 Å². The predicted molar refractivity (Wildman–Crippen MR) is 116 cm³/mol. The highest BCUT2D eigenvalue weighted by Gasteiger charge is 2.06. The second kappa shape index (κ2) is 9.68. The molecule has 0 unspecified atom stereocenters. The lowest BCUT2D eigenvalue weighted by molar-refractivity contribution is -0.115. The number of carbonyl (C=O) groups is 1. The van der Waals surface area contributed by atoms with Crippen molar-refractivity contribution in [1.82, 2.24) is 4.98 Å². The molecule has 0 fully saturated rings. The maximum atomic E-state index is 13.2. The van der Waals surface area contributed by atoms with Gasteiger partial charge in [-0.1, -0.05) is 12.1 Å². The van der Waals surface area contributed by atoms with Gasteiger partial charge >= 0.3 is 0 Å². The summed E-state index contributed by atoms with van der Waals surface area (Å²) in [5, 5.41) is 6.03. The molecule has 0 aliphatic heterocycles. The summed E-state index contributed by atoms with van der Waals surface area (Å²) in [6, 6.07) is 17.8. The largest absolute Gasteiger partial charge is 0.372 e. The fourth-order valence-corrected chi connectivity index (χ4v) is 3.07. The van der Waals surface area contributed by atoms with Gasteiger partial charge in [-0.3, -0.25) is 4.79 Å². The highest BCUT2D eigenvalue weighted by molar-refractivity contribution is 5.91. The summed E-state index contributed by atoms with van der Waals surface area (Å²) in [5.74, 6) is -0.140. The van der Waals surface area contributed by atoms with Crippen LogP contribution in [-0.2, 0) is 11.2 Å². The van der Waals surface area contributed by atoms with Gasteiger partial charge in [0.15, 0.2) is 0 Å². The second-order valence-corrected chi connectivity index (χ2v) is 6.63. The second-order valence-electron chi connectivity index (χ2n) is 6.63. The van der Waals surface area contributed by atoms with Crippen molar-refractivity contribution in [2.24, 2.45) is 0 Å². The van der Waals surface area contributed by atoms with Crippen LogP contribution in [0, 0.1) is 5.82 Å². The van der Waals surface area contributed by atoms with Crippen LogP contribution in [0.2, 0.25) is 0 Å². The third-order valence-electron chi connectivity index (χ3n) is 4.57. The molecule has 0 saturated heterocycles. The van der Waals surface area contributed by atoms with Gasteiger partial charge in [0.2, 0.25) is 5.91 Å². The van der Waals surface area contributed by atoms with Crippen LogP contribution in [0.5, 0.6) is 0 Å². The first-order valence-corrected chi connectivity index (χ1v) is 9.69. The molecule has 5 nitrogen and oxygen atoms in total. The molecule has 0 saturated carbocycles. The highest BCUT2D eigenvalue weighted by atomic mass is 19.1. The summed E-state index contributed by atoms with van der Waals surface area (Å²) < 4.78 is 13.2. The van der Waals surface area contributed by atoms with Gasteiger partial charge in [-0.05, 0) is 67.9 Å². The smallest absolute Gasteiger partial charge is 0.229 e. The zero-order chi connectivity index (χ0) is 20.6. The topological polar surface area (TPSA) is 57.3 Å². The maximum Gasteiger partial charge on any atom is 0.229 e. The molecule has 0 aliphatic carbocycles. The van der Waals surface area contributed by atoms with Crippen molar-refractivity contribution in [1.29, 1.82) is 0 Å². The molecular formula is C23H25FN4O. The molecule has 2 aromatic carbocycles. The zero-order valence-electron chi connectivity index (χ0n) is 16.7. The van der Waals surface area contributed by atoms with Gasteiger partial charge in [0, 0.05) is 24.5 Å². The lowest BCUT2D eigenvalue weighted by Gasteiger charge is -2.21. The molecule has 0 radical (unpaired) electrons. The van der Waals surface area contributed by atoms with Crippen molar-refractivity contribution < 1.29 is 9.18 Å². The number of nitrogens with one attached hydrogen (secondary N) is 2. The average Bonchev–Trinajstić information content (AvgIpc) is 2.71. The van der Waals surface area contributed by atoms with E-state index in [-0.39, 0.29) is 18.1 Å². The molecule has 0 aliphatic rings. The molecule has 1 heterocycles. The first kappa shape index (κ1) is 20.3. The van der Waals surface area contributed by atoms with Gasteiger partial charge < -0.3 is 15.5 Å². The number of anilines is 4. The number of pyridine rings is 1. The number of hydrogen-bond donors (Lipinski definition) is 2. The van der Waals surface area contributed by atoms with Crippen molar-refractivity contribution in [3.63, 3.8) is 0 Å². The molecule has 1 amide bonds. The number of carbonyl (C=O) groups excluding carboxylic acids is 1. The van der Waals surface area contributed by atoms with Crippen molar-refractivity contribution in [3.8, 4) is 0 Å². The highest BCUT2D eigenvalue weighted by Crippen LogP contribution is 2.21. The molecule has 29 heavy (non-hydrogen) atoms. The van der Waals surface area contributed by atoms with Crippen LogP contribution in [0.25, 0.3) is 0 Å². The first-order chi connectivity index (χ1) is 14.1. The summed E-state index contributed by atoms with van der Waals surface area (Å²) in [6.07, 6.45) is 1.76. The van der Waals surface area contributed by atoms with Crippen LogP contribution in [-0.4, -0.2) is 24.0 Å². The molecule has 0 bridgehead atoms. The van der Waals surface area contributed by atoms with E-state index in [1.807, 2.05) is 18.2 Å². The summed E-state index contributed by atoms with van der Waals surface area (Å²) in [5.41, 5.74) is 3.60. The number of nitrogens with zero attached hydrogens (tertiary/aromatic N) is 2. The lowest BCUT2D eigenvalue weighted by Crippen LogP contribution is -2.21. The van der Waals surface area contributed by atoms with Crippen molar-refractivity contribution in [2.45, 2.75) is 20.3 Å². The third-order valence-corrected chi connectivity index (χ3v) is 4.57. The van der Waals surface area contributed by atoms with Crippen molar-refractivity contribution >= 4 is 28.8 Å². The minimum Gasteiger partial charge on any atom is -0.372 e. The van der Waals surface area contributed by atoms with E-state index < -0.39 is 0 Å². The monoisotopic (exact) mass is 392 g/mol. The number of hydrogen-bond acceptors (Lipinski definition) is 4. The van der Waals surface area contributed by atoms with Crippen LogP contribution < -0.4 is 15.5 Å². The van der Waals surface area contributed by atoms with E-state index in [1.165, 1.54) is 17.8 Å². The minimum absolute atomic E-state index is 0.0956. The predicted octanol–water partition coefficient (Wildman–Crippen LogP) is 4.99. The normalized spacial score (nSPS) is 10.4. The fraction of sp³-hybridized carbons (Fsp3) is 0.217. The van der Waals surface area contributed by atoms with Gasteiger partial charge in [0.05, 0.1) is 18.3 Å². The molecule has 3 rings (SSSR count). The van der Waals surface area contributed by atoms with Crippen LogP contribution in [0.1, 0.15) is 19.4 Å². The fourth-order valence-electron chi connectivity index (χ4n) is 3.07. The van der Waals surface area contributed by atoms with Crippen LogP contribution in [0.15, 0.2) is 66.9 Å². The number of benzene rings is 2. The summed E-state index contributed by atoms with van der Waals surface area (Å²) in [7, 11) is 0. The van der Waals surface area contributed by atoms with Crippen molar-refractivity contribution in [2.75, 3.05) is 28.6 Å². The van der Waals surface area contributed by atoms with Gasteiger partial charge in [-0.25, -0.2) is 9.37 Å². The van der Waals surface area contributed by atoms with Gasteiger partial charge in [0.25, 0.3) is 0 Å². The van der Waals surface area contributed by atoms with E-state index in [0.29, 0.717) is 11.4 Å². The molecule has 0 spiro atoms. The van der Waals surface area contributed by atoms with Crippen LogP contribution in [0.3, 0.4) is 0 Å². The quantitative estimate of drug-likeness (QED) is 0.567. The Kier molecular flexibility index (Phi) is 6.79. The van der Waals surface area contributed by atoms with E-state index in [9.17, 15) is 9.18 Å². The standard InChI is InChI=1S/C23H25FN4O/c1-3-28(4-2)21-11-8-19(9-12-21)26-20-10-13-22(25-16-20)27-23(29)15-17-6-5-7-18(24)14-17/h5-14,16,26H,3-4,15H2,1-2H3,(H,25,27,29). The molecule has 3 aromatic rings. The van der Waals surface area contributed by atoms with E-state index in [1.54, 1.807) is 24.4 Å². The Balaban J connectivity index is 1.56. The maximum absolute atomic E-state index is 13.2. The van der Waals surface area contributed by atoms with Crippen LogP contribution >= 0.6 is 0 Å². The third kappa shape index (κ3) is 5.78. The number of aromatic nitrogens is 1. The van der Waals surface area contributed by atoms with Gasteiger partial charge in [-0.15, -0.1) is 0 Å². The summed E-state index contributed by atoms with van der Waals surface area (Å²) >= 11 is 0. The molecule has 0 atom stereocenters. The van der Waals surface area contributed by atoms with Gasteiger partial charge in [-0.2, -0.15) is 0 Å². The number of amides is 1. The summed E-state index contributed by atoms with van der Waals surface area (Å²) in [4.78, 5) is 18.7. The SMILES string of the molecule is CCN(CC)c1ccc(Nc2ccc(NC(=O)Cc3cccc(F)c3)nc2)cc1. The Morgan fingerprint density at radius 3 is 2.34 bits per heavy atom. The molecular weight excluding hydrogens is 367 g/mol. The Bertz CT molecular complexity index is 938. The number of halogens is 1. The average molecular weight is 392 g/mol. The van der Waals surface area contributed by atoms with Crippen LogP contribution in [0.4, 0.5) is 27.3 Å². The molecule has 6 heteroatoms. The van der Waals surface area contributed by atoms with Crippen molar-refractivity contribution in [3.05, 3.63) is 78.2 Å². The summed E-state index contributed by atoms with van der Waals surface area (Å²) in [6.45, 7) is 6.22. The van der Waals surface area contributed by atoms with E-state index in [2.05, 4.69) is 46.5 Å². The Labute approximate surface area is 170 Å². The Morgan fingerprint density at radius 2 is 1.72 bits per heavy atom. The Hall–Kier alpha value is -3.41. The molecule has 150 valence electrons. The number of rotatable bonds is 8. The van der Waals surface area contributed by atoms with E-state index in [4.69, 9.17) is 0 Å². The molecule has 1 aromatic heterocycles. The molecule has 2 N–H and O–H groups in total. The minimum atomic E-state index is -0.353. The Morgan fingerprint density at radius 1 is 1.00 bits per heavy atom. The lowest BCUT2D eigenvalue weighted by atomic mass is 10.1. The zero-order valence-corrected chi connectivity index (χ0v) is 16.7. The van der Waals surface area contributed by atoms with E-state index >= 15 is 0 Å². The first-order valence-electron chi connectivity index (χ1n) is 9.69.